The van der Waals surface area contributed by atoms with Gasteiger partial charge in [0.05, 0.1) is 5.56 Å². The molecule has 0 aromatic heterocycles. The van der Waals surface area contributed by atoms with Crippen LogP contribution in [-0.2, 0) is 6.18 Å². The third-order valence-electron chi connectivity index (χ3n) is 3.15. The zero-order chi connectivity index (χ0) is 15.6. The molecule has 1 nitrogen and oxygen atoms in total. The van der Waals surface area contributed by atoms with Gasteiger partial charge in [-0.25, -0.2) is 0 Å². The van der Waals surface area contributed by atoms with Gasteiger partial charge in [-0.1, -0.05) is 41.4 Å². The maximum absolute atomic E-state index is 12.8. The van der Waals surface area contributed by atoms with Gasteiger partial charge in [-0.15, -0.1) is 0 Å². The van der Waals surface area contributed by atoms with Gasteiger partial charge in [-0.2, -0.15) is 13.2 Å². The Bertz CT molecular complexity index is 638. The zero-order valence-electron chi connectivity index (χ0n) is 11.6. The Kier molecular flexibility index (Phi) is 4.47. The van der Waals surface area contributed by atoms with E-state index in [-0.39, 0.29) is 11.1 Å². The van der Waals surface area contributed by atoms with E-state index < -0.39 is 11.7 Å². The van der Waals surface area contributed by atoms with Crippen LogP contribution in [0.1, 0.15) is 29.7 Å². The lowest BCUT2D eigenvalue weighted by atomic mass is 10.1. The molecule has 0 spiro atoms. The summed E-state index contributed by atoms with van der Waals surface area (Å²) in [5.41, 5.74) is 1.70. The number of hydrogen-bond donors (Lipinski definition) is 1. The molecule has 0 amide bonds. The average molecular weight is 314 g/mol. The van der Waals surface area contributed by atoms with Gasteiger partial charge in [0, 0.05) is 16.8 Å². The van der Waals surface area contributed by atoms with Crippen molar-refractivity contribution in [2.75, 3.05) is 5.32 Å². The maximum Gasteiger partial charge on any atom is 0.416 e. The first kappa shape index (κ1) is 15.7. The van der Waals surface area contributed by atoms with Crippen LogP contribution in [0, 0.1) is 6.92 Å². The molecule has 2 aromatic rings. The lowest BCUT2D eigenvalue weighted by molar-refractivity contribution is -0.137. The molecule has 0 heterocycles. The SMILES string of the molecule is Cc1cccc(C(C)Nc2cc(Cl)cc(C(F)(F)F)c2)c1. The monoisotopic (exact) mass is 313 g/mol. The fourth-order valence-electron chi connectivity index (χ4n) is 2.11. The van der Waals surface area contributed by atoms with Gasteiger partial charge in [0.1, 0.15) is 0 Å². The third kappa shape index (κ3) is 4.14. The molecule has 1 atom stereocenters. The summed E-state index contributed by atoms with van der Waals surface area (Å²) < 4.78 is 38.3. The molecule has 21 heavy (non-hydrogen) atoms. The van der Waals surface area contributed by atoms with Crippen molar-refractivity contribution in [3.63, 3.8) is 0 Å². The molecular weight excluding hydrogens is 299 g/mol. The summed E-state index contributed by atoms with van der Waals surface area (Å²) in [4.78, 5) is 0. The van der Waals surface area contributed by atoms with E-state index in [2.05, 4.69) is 5.32 Å². The van der Waals surface area contributed by atoms with Crippen LogP contribution in [0.15, 0.2) is 42.5 Å². The molecule has 0 aliphatic carbocycles. The first-order valence-electron chi connectivity index (χ1n) is 6.46. The molecule has 2 aromatic carbocycles. The molecule has 0 radical (unpaired) electrons. The quantitative estimate of drug-likeness (QED) is 0.750. The highest BCUT2D eigenvalue weighted by Crippen LogP contribution is 2.34. The molecule has 0 bridgehead atoms. The van der Waals surface area contributed by atoms with Gasteiger partial charge in [0.25, 0.3) is 0 Å². The topological polar surface area (TPSA) is 12.0 Å². The smallest absolute Gasteiger partial charge is 0.378 e. The van der Waals surface area contributed by atoms with Crippen LogP contribution in [0.3, 0.4) is 0 Å². The Morgan fingerprint density at radius 2 is 1.81 bits per heavy atom. The number of halogens is 4. The fraction of sp³-hybridized carbons (Fsp3) is 0.250. The summed E-state index contributed by atoms with van der Waals surface area (Å²) in [5.74, 6) is 0. The summed E-state index contributed by atoms with van der Waals surface area (Å²) in [5, 5.41) is 3.11. The molecule has 1 N–H and O–H groups in total. The Morgan fingerprint density at radius 1 is 1.10 bits per heavy atom. The molecular formula is C16H15ClF3N. The second-order valence-electron chi connectivity index (χ2n) is 5.01. The Hall–Kier alpha value is -1.68. The Balaban J connectivity index is 2.25. The molecule has 1 unspecified atom stereocenters. The first-order valence-corrected chi connectivity index (χ1v) is 6.84. The highest BCUT2D eigenvalue weighted by atomic mass is 35.5. The number of anilines is 1. The number of nitrogens with one attached hydrogen (secondary N) is 1. The zero-order valence-corrected chi connectivity index (χ0v) is 12.4. The number of rotatable bonds is 3. The van der Waals surface area contributed by atoms with Gasteiger partial charge in [-0.05, 0) is 37.6 Å². The van der Waals surface area contributed by atoms with Crippen LogP contribution in [-0.4, -0.2) is 0 Å². The molecule has 112 valence electrons. The largest absolute Gasteiger partial charge is 0.416 e. The number of alkyl halides is 3. The molecule has 0 aliphatic heterocycles. The average Bonchev–Trinajstić information content (AvgIpc) is 2.37. The summed E-state index contributed by atoms with van der Waals surface area (Å²) in [7, 11) is 0. The molecule has 0 aliphatic rings. The lowest BCUT2D eigenvalue weighted by Gasteiger charge is -2.18. The van der Waals surface area contributed by atoms with E-state index in [0.717, 1.165) is 23.3 Å². The van der Waals surface area contributed by atoms with Gasteiger partial charge in [0.15, 0.2) is 0 Å². The summed E-state index contributed by atoms with van der Waals surface area (Å²) in [6.07, 6.45) is -4.41. The van der Waals surface area contributed by atoms with Gasteiger partial charge in [-0.3, -0.25) is 0 Å². The number of benzene rings is 2. The van der Waals surface area contributed by atoms with E-state index in [1.807, 2.05) is 38.1 Å². The van der Waals surface area contributed by atoms with Crippen molar-refractivity contribution in [1.29, 1.82) is 0 Å². The van der Waals surface area contributed by atoms with Crippen molar-refractivity contribution < 1.29 is 13.2 Å². The van der Waals surface area contributed by atoms with Crippen molar-refractivity contribution in [2.24, 2.45) is 0 Å². The van der Waals surface area contributed by atoms with Crippen LogP contribution in [0.2, 0.25) is 5.02 Å². The van der Waals surface area contributed by atoms with E-state index in [9.17, 15) is 13.2 Å². The number of hydrogen-bond acceptors (Lipinski definition) is 1. The molecule has 0 saturated heterocycles. The minimum Gasteiger partial charge on any atom is -0.378 e. The minimum atomic E-state index is -4.41. The van der Waals surface area contributed by atoms with Crippen LogP contribution in [0.5, 0.6) is 0 Å². The fourth-order valence-corrected chi connectivity index (χ4v) is 2.34. The molecule has 0 fully saturated rings. The van der Waals surface area contributed by atoms with Gasteiger partial charge >= 0.3 is 6.18 Å². The van der Waals surface area contributed by atoms with E-state index in [0.29, 0.717) is 5.69 Å². The Labute approximate surface area is 126 Å². The predicted octanol–water partition coefficient (Wildman–Crippen LogP) is 5.84. The van der Waals surface area contributed by atoms with Crippen LogP contribution in [0.4, 0.5) is 18.9 Å². The summed E-state index contributed by atoms with van der Waals surface area (Å²) in [6, 6.07) is 11.2. The third-order valence-corrected chi connectivity index (χ3v) is 3.37. The predicted molar refractivity (Wildman–Crippen MR) is 79.7 cm³/mol. The van der Waals surface area contributed by atoms with Gasteiger partial charge < -0.3 is 5.32 Å². The van der Waals surface area contributed by atoms with E-state index in [1.54, 1.807) is 0 Å². The molecule has 0 saturated carbocycles. The van der Waals surface area contributed by atoms with Crippen molar-refractivity contribution in [1.82, 2.24) is 0 Å². The van der Waals surface area contributed by atoms with E-state index >= 15 is 0 Å². The standard InChI is InChI=1S/C16H15ClF3N/c1-10-4-3-5-12(6-10)11(2)21-15-8-13(16(18,19)20)7-14(17)9-15/h3-9,11,21H,1-2H3. The maximum atomic E-state index is 12.8. The highest BCUT2D eigenvalue weighted by molar-refractivity contribution is 6.30. The van der Waals surface area contributed by atoms with Gasteiger partial charge in [0.2, 0.25) is 0 Å². The number of aryl methyl sites for hydroxylation is 1. The molecule has 5 heteroatoms. The van der Waals surface area contributed by atoms with E-state index in [4.69, 9.17) is 11.6 Å². The minimum absolute atomic E-state index is 0.0590. The van der Waals surface area contributed by atoms with Crippen LogP contribution < -0.4 is 5.32 Å². The normalized spacial score (nSPS) is 13.0. The lowest BCUT2D eigenvalue weighted by Crippen LogP contribution is -2.09. The van der Waals surface area contributed by atoms with Crippen molar-refractivity contribution in [2.45, 2.75) is 26.1 Å². The van der Waals surface area contributed by atoms with Crippen LogP contribution in [0.25, 0.3) is 0 Å². The summed E-state index contributed by atoms with van der Waals surface area (Å²) >= 11 is 5.77. The second kappa shape index (κ2) is 5.98. The second-order valence-corrected chi connectivity index (χ2v) is 5.44. The van der Waals surface area contributed by atoms with Crippen LogP contribution >= 0.6 is 11.6 Å². The first-order chi connectivity index (χ1) is 9.75. The highest BCUT2D eigenvalue weighted by Gasteiger charge is 2.31. The van der Waals surface area contributed by atoms with E-state index in [1.165, 1.54) is 6.07 Å². The van der Waals surface area contributed by atoms with Crippen molar-refractivity contribution in [3.05, 3.63) is 64.2 Å². The Morgan fingerprint density at radius 3 is 2.43 bits per heavy atom. The molecule has 2 rings (SSSR count). The summed E-state index contributed by atoms with van der Waals surface area (Å²) in [6.45, 7) is 3.86. The van der Waals surface area contributed by atoms with Crippen molar-refractivity contribution in [3.8, 4) is 0 Å². The van der Waals surface area contributed by atoms with Crippen molar-refractivity contribution >= 4 is 17.3 Å².